The molecule has 2 amide bonds. The van der Waals surface area contributed by atoms with Gasteiger partial charge in [0.05, 0.1) is 6.21 Å². The number of carbonyl (C=O) groups excluding carboxylic acids is 1. The Bertz CT molecular complexity index is 667. The van der Waals surface area contributed by atoms with Crippen molar-refractivity contribution in [1.82, 2.24) is 5.43 Å². The molecule has 22 heavy (non-hydrogen) atoms. The first-order valence-corrected chi connectivity index (χ1v) is 7.06. The third kappa shape index (κ3) is 4.65. The summed E-state index contributed by atoms with van der Waals surface area (Å²) in [6, 6.07) is 11.7. The van der Waals surface area contributed by atoms with Gasteiger partial charge in [-0.05, 0) is 42.0 Å². The zero-order valence-corrected chi connectivity index (χ0v) is 12.9. The first-order chi connectivity index (χ1) is 10.6. The van der Waals surface area contributed by atoms with Crippen LogP contribution in [0.4, 0.5) is 4.79 Å². The Labute approximate surface area is 137 Å². The van der Waals surface area contributed by atoms with Gasteiger partial charge in [0.25, 0.3) is 0 Å². The van der Waals surface area contributed by atoms with Crippen LogP contribution in [0.25, 0.3) is 0 Å². The lowest BCUT2D eigenvalue weighted by Crippen LogP contribution is -2.24. The highest BCUT2D eigenvalue weighted by Gasteiger charge is 2.06. The molecule has 0 aliphatic rings. The van der Waals surface area contributed by atoms with Crippen LogP contribution in [0.5, 0.6) is 5.75 Å². The number of nitrogens with zero attached hydrogens (tertiary/aromatic N) is 1. The fraction of sp³-hybridized carbons (Fsp3) is 0.0667. The van der Waals surface area contributed by atoms with Crippen molar-refractivity contribution in [3.8, 4) is 5.75 Å². The minimum absolute atomic E-state index is 0.273. The highest BCUT2D eigenvalue weighted by molar-refractivity contribution is 6.35. The number of primary amides is 1. The van der Waals surface area contributed by atoms with E-state index in [-0.39, 0.29) is 6.61 Å². The SMILES string of the molecule is NC(=O)NN=Cc1ccc(OCc2c(Cl)cccc2Cl)cc1. The lowest BCUT2D eigenvalue weighted by molar-refractivity contribution is 0.249. The van der Waals surface area contributed by atoms with Crippen LogP contribution in [0.2, 0.25) is 10.0 Å². The normalized spacial score (nSPS) is 10.6. The Balaban J connectivity index is 1.97. The van der Waals surface area contributed by atoms with E-state index in [1.54, 1.807) is 42.5 Å². The Morgan fingerprint density at radius 1 is 1.18 bits per heavy atom. The van der Waals surface area contributed by atoms with Gasteiger partial charge in [-0.25, -0.2) is 10.2 Å². The van der Waals surface area contributed by atoms with Crippen LogP contribution in [0.1, 0.15) is 11.1 Å². The smallest absolute Gasteiger partial charge is 0.332 e. The quantitative estimate of drug-likeness (QED) is 0.646. The van der Waals surface area contributed by atoms with Gasteiger partial charge in [0, 0.05) is 15.6 Å². The summed E-state index contributed by atoms with van der Waals surface area (Å²) in [5, 5.41) is 4.79. The number of urea groups is 1. The van der Waals surface area contributed by atoms with Crippen molar-refractivity contribution in [3.05, 3.63) is 63.6 Å². The van der Waals surface area contributed by atoms with Crippen LogP contribution in [-0.2, 0) is 6.61 Å². The van der Waals surface area contributed by atoms with Crippen LogP contribution >= 0.6 is 23.2 Å². The summed E-state index contributed by atoms with van der Waals surface area (Å²) >= 11 is 12.2. The number of amides is 2. The fourth-order valence-electron chi connectivity index (χ4n) is 1.65. The van der Waals surface area contributed by atoms with Crippen LogP contribution in [-0.4, -0.2) is 12.2 Å². The summed E-state index contributed by atoms with van der Waals surface area (Å²) < 4.78 is 5.65. The second kappa shape index (κ2) is 7.68. The van der Waals surface area contributed by atoms with Crippen LogP contribution in [0, 0.1) is 0 Å². The van der Waals surface area contributed by atoms with E-state index in [1.807, 2.05) is 0 Å². The largest absolute Gasteiger partial charge is 0.489 e. The number of hydrazone groups is 1. The molecule has 2 aromatic rings. The van der Waals surface area contributed by atoms with E-state index in [0.717, 1.165) is 11.1 Å². The Kier molecular flexibility index (Phi) is 5.63. The predicted molar refractivity (Wildman–Crippen MR) is 87.5 cm³/mol. The van der Waals surface area contributed by atoms with Gasteiger partial charge in [0.2, 0.25) is 0 Å². The standard InChI is InChI=1S/C15H13Cl2N3O2/c16-13-2-1-3-14(17)12(13)9-22-11-6-4-10(5-7-11)8-19-20-15(18)21/h1-8H,9H2,(H3,18,20,21). The minimum atomic E-state index is -0.715. The van der Waals surface area contributed by atoms with Crippen molar-refractivity contribution in [1.29, 1.82) is 0 Å². The average Bonchev–Trinajstić information content (AvgIpc) is 2.48. The highest BCUT2D eigenvalue weighted by atomic mass is 35.5. The zero-order chi connectivity index (χ0) is 15.9. The summed E-state index contributed by atoms with van der Waals surface area (Å²) in [6.07, 6.45) is 1.47. The molecule has 5 nitrogen and oxygen atoms in total. The Morgan fingerprint density at radius 2 is 1.82 bits per heavy atom. The number of benzene rings is 2. The number of rotatable bonds is 5. The molecule has 0 atom stereocenters. The van der Waals surface area contributed by atoms with Crippen molar-refractivity contribution in [2.24, 2.45) is 10.8 Å². The van der Waals surface area contributed by atoms with Gasteiger partial charge >= 0.3 is 6.03 Å². The first kappa shape index (κ1) is 16.1. The van der Waals surface area contributed by atoms with Crippen LogP contribution < -0.4 is 15.9 Å². The molecule has 0 unspecified atom stereocenters. The molecular weight excluding hydrogens is 325 g/mol. The lowest BCUT2D eigenvalue weighted by atomic mass is 10.2. The van der Waals surface area contributed by atoms with Gasteiger partial charge in [-0.2, -0.15) is 5.10 Å². The molecule has 7 heteroatoms. The third-order valence-corrected chi connectivity index (χ3v) is 3.42. The van der Waals surface area contributed by atoms with Crippen molar-refractivity contribution >= 4 is 35.4 Å². The molecule has 2 rings (SSSR count). The molecule has 3 N–H and O–H groups in total. The molecule has 0 saturated carbocycles. The number of nitrogens with one attached hydrogen (secondary N) is 1. The molecule has 0 bridgehead atoms. The minimum Gasteiger partial charge on any atom is -0.489 e. The molecule has 0 radical (unpaired) electrons. The van der Waals surface area contributed by atoms with E-state index in [1.165, 1.54) is 6.21 Å². The number of hydrogen-bond acceptors (Lipinski definition) is 3. The molecule has 0 aliphatic carbocycles. The maximum Gasteiger partial charge on any atom is 0.332 e. The monoisotopic (exact) mass is 337 g/mol. The number of nitrogens with two attached hydrogens (primary N) is 1. The van der Waals surface area contributed by atoms with Crippen molar-refractivity contribution in [2.75, 3.05) is 0 Å². The van der Waals surface area contributed by atoms with E-state index >= 15 is 0 Å². The van der Waals surface area contributed by atoms with Crippen LogP contribution in [0.15, 0.2) is 47.6 Å². The Morgan fingerprint density at radius 3 is 2.41 bits per heavy atom. The van der Waals surface area contributed by atoms with Gasteiger partial charge in [-0.1, -0.05) is 29.3 Å². The van der Waals surface area contributed by atoms with Crippen molar-refractivity contribution < 1.29 is 9.53 Å². The van der Waals surface area contributed by atoms with E-state index in [2.05, 4.69) is 10.5 Å². The van der Waals surface area contributed by atoms with Gasteiger partial charge in [-0.15, -0.1) is 0 Å². The maximum absolute atomic E-state index is 10.5. The number of carbonyl (C=O) groups is 1. The predicted octanol–water partition coefficient (Wildman–Crippen LogP) is 3.57. The van der Waals surface area contributed by atoms with E-state index in [9.17, 15) is 4.79 Å². The summed E-state index contributed by atoms with van der Waals surface area (Å²) in [4.78, 5) is 10.5. The summed E-state index contributed by atoms with van der Waals surface area (Å²) in [5.74, 6) is 0.663. The van der Waals surface area contributed by atoms with Gasteiger partial charge in [0.15, 0.2) is 0 Å². The fourth-order valence-corrected chi connectivity index (χ4v) is 2.15. The van der Waals surface area contributed by atoms with Gasteiger partial charge < -0.3 is 10.5 Å². The third-order valence-electron chi connectivity index (χ3n) is 2.71. The van der Waals surface area contributed by atoms with Crippen LogP contribution in [0.3, 0.4) is 0 Å². The maximum atomic E-state index is 10.5. The molecular formula is C15H13Cl2N3O2. The average molecular weight is 338 g/mol. The lowest BCUT2D eigenvalue weighted by Gasteiger charge is -2.09. The van der Waals surface area contributed by atoms with Crippen molar-refractivity contribution in [3.63, 3.8) is 0 Å². The summed E-state index contributed by atoms with van der Waals surface area (Å²) in [7, 11) is 0. The summed E-state index contributed by atoms with van der Waals surface area (Å²) in [5.41, 5.74) is 8.54. The Hall–Kier alpha value is -2.24. The highest BCUT2D eigenvalue weighted by Crippen LogP contribution is 2.25. The molecule has 0 saturated heterocycles. The van der Waals surface area contributed by atoms with E-state index < -0.39 is 6.03 Å². The van der Waals surface area contributed by atoms with Crippen molar-refractivity contribution in [2.45, 2.75) is 6.61 Å². The zero-order valence-electron chi connectivity index (χ0n) is 11.4. The topological polar surface area (TPSA) is 76.7 Å². The second-order valence-electron chi connectivity index (χ2n) is 4.29. The molecule has 0 aromatic heterocycles. The molecule has 2 aromatic carbocycles. The molecule has 0 fully saturated rings. The molecule has 0 spiro atoms. The molecule has 114 valence electrons. The number of hydrogen-bond donors (Lipinski definition) is 2. The summed E-state index contributed by atoms with van der Waals surface area (Å²) in [6.45, 7) is 0.273. The number of halogens is 2. The second-order valence-corrected chi connectivity index (χ2v) is 5.11. The van der Waals surface area contributed by atoms with Gasteiger partial charge in [0.1, 0.15) is 12.4 Å². The van der Waals surface area contributed by atoms with E-state index in [0.29, 0.717) is 15.8 Å². The van der Waals surface area contributed by atoms with E-state index in [4.69, 9.17) is 33.7 Å². The molecule has 0 heterocycles. The number of ether oxygens (including phenoxy) is 1. The molecule has 0 aliphatic heterocycles. The first-order valence-electron chi connectivity index (χ1n) is 6.30. The van der Waals surface area contributed by atoms with Gasteiger partial charge in [-0.3, -0.25) is 0 Å².